The van der Waals surface area contributed by atoms with Crippen molar-refractivity contribution in [2.75, 3.05) is 19.6 Å². The topological polar surface area (TPSA) is 49.4 Å². The van der Waals surface area contributed by atoms with Gasteiger partial charge in [-0.1, -0.05) is 54.1 Å². The van der Waals surface area contributed by atoms with Crippen LogP contribution in [0.25, 0.3) is 10.8 Å². The zero-order chi connectivity index (χ0) is 18.9. The standard InChI is InChI=1S/C20H21ClN2O2S2/c21-19-10-11-20(26-19)27(24,25)22-14-18(23-12-3-4-13-23)17-9-5-7-15-6-1-2-8-16(15)17/h1-2,5-11,18,22H,3-4,12-14H2/t18-/m0/s1. The number of fused-ring (bicyclic) bond motifs is 1. The van der Waals surface area contributed by atoms with Gasteiger partial charge in [0.2, 0.25) is 10.0 Å². The molecule has 0 unspecified atom stereocenters. The van der Waals surface area contributed by atoms with E-state index in [1.165, 1.54) is 16.3 Å². The van der Waals surface area contributed by atoms with Crippen LogP contribution in [0, 0.1) is 0 Å². The first-order chi connectivity index (χ1) is 13.0. The Hall–Kier alpha value is -1.44. The largest absolute Gasteiger partial charge is 0.295 e. The fourth-order valence-corrected chi connectivity index (χ4v) is 6.30. The molecule has 0 bridgehead atoms. The molecule has 1 aliphatic rings. The van der Waals surface area contributed by atoms with Gasteiger partial charge in [-0.2, -0.15) is 0 Å². The molecule has 4 nitrogen and oxygen atoms in total. The minimum Gasteiger partial charge on any atom is -0.295 e. The molecule has 1 aromatic heterocycles. The number of rotatable bonds is 6. The minimum atomic E-state index is -3.57. The lowest BCUT2D eigenvalue weighted by atomic mass is 9.98. The second-order valence-electron chi connectivity index (χ2n) is 6.74. The molecule has 0 saturated carbocycles. The number of hydrogen-bond donors (Lipinski definition) is 1. The lowest BCUT2D eigenvalue weighted by molar-refractivity contribution is 0.248. The number of nitrogens with one attached hydrogen (secondary N) is 1. The van der Waals surface area contributed by atoms with E-state index in [4.69, 9.17) is 11.6 Å². The molecule has 1 fully saturated rings. The van der Waals surface area contributed by atoms with E-state index < -0.39 is 10.0 Å². The summed E-state index contributed by atoms with van der Waals surface area (Å²) in [5.41, 5.74) is 1.17. The predicted octanol–water partition coefficient (Wildman–Crippen LogP) is 4.67. The Bertz CT molecular complexity index is 1040. The van der Waals surface area contributed by atoms with Gasteiger partial charge in [0.1, 0.15) is 4.21 Å². The molecule has 7 heteroatoms. The van der Waals surface area contributed by atoms with E-state index in [0.29, 0.717) is 10.9 Å². The minimum absolute atomic E-state index is 0.00353. The summed E-state index contributed by atoms with van der Waals surface area (Å²) in [5, 5.41) is 2.35. The number of halogens is 1. The first-order valence-electron chi connectivity index (χ1n) is 9.01. The number of sulfonamides is 1. The number of hydrogen-bond acceptors (Lipinski definition) is 4. The highest BCUT2D eigenvalue weighted by Gasteiger charge is 2.27. The lowest BCUT2D eigenvalue weighted by Gasteiger charge is -2.29. The van der Waals surface area contributed by atoms with Crippen molar-refractivity contribution in [1.82, 2.24) is 9.62 Å². The van der Waals surface area contributed by atoms with Gasteiger partial charge in [-0.25, -0.2) is 13.1 Å². The molecule has 0 aliphatic carbocycles. The van der Waals surface area contributed by atoms with E-state index in [9.17, 15) is 8.42 Å². The van der Waals surface area contributed by atoms with Gasteiger partial charge in [0.25, 0.3) is 0 Å². The Labute approximate surface area is 168 Å². The van der Waals surface area contributed by atoms with Crippen molar-refractivity contribution in [2.24, 2.45) is 0 Å². The molecule has 27 heavy (non-hydrogen) atoms. The molecule has 2 aromatic carbocycles. The van der Waals surface area contributed by atoms with Gasteiger partial charge in [0.15, 0.2) is 0 Å². The summed E-state index contributed by atoms with van der Waals surface area (Å²) < 4.78 is 28.9. The Morgan fingerprint density at radius 3 is 2.52 bits per heavy atom. The molecule has 2 heterocycles. The fraction of sp³-hybridized carbons (Fsp3) is 0.300. The number of nitrogens with zero attached hydrogens (tertiary/aromatic N) is 1. The summed E-state index contributed by atoms with van der Waals surface area (Å²) >= 11 is 6.99. The van der Waals surface area contributed by atoms with Gasteiger partial charge in [0.05, 0.1) is 4.34 Å². The van der Waals surface area contributed by atoms with Gasteiger partial charge in [-0.15, -0.1) is 11.3 Å². The molecule has 0 radical (unpaired) electrons. The van der Waals surface area contributed by atoms with Crippen LogP contribution in [0.4, 0.5) is 0 Å². The van der Waals surface area contributed by atoms with Crippen LogP contribution in [-0.2, 0) is 10.0 Å². The molecule has 0 spiro atoms. The third-order valence-electron chi connectivity index (χ3n) is 5.04. The Morgan fingerprint density at radius 2 is 1.78 bits per heavy atom. The first kappa shape index (κ1) is 18.9. The molecule has 1 atom stereocenters. The van der Waals surface area contributed by atoms with Crippen LogP contribution in [-0.4, -0.2) is 33.0 Å². The number of benzene rings is 2. The second kappa shape index (κ2) is 7.89. The van der Waals surface area contributed by atoms with Crippen LogP contribution in [0.2, 0.25) is 4.34 Å². The molecule has 142 valence electrons. The zero-order valence-corrected chi connectivity index (χ0v) is 17.2. The lowest BCUT2D eigenvalue weighted by Crippen LogP contribution is -2.36. The molecular weight excluding hydrogens is 400 g/mol. The first-order valence-corrected chi connectivity index (χ1v) is 11.7. The monoisotopic (exact) mass is 420 g/mol. The third kappa shape index (κ3) is 4.05. The van der Waals surface area contributed by atoms with E-state index in [-0.39, 0.29) is 10.3 Å². The predicted molar refractivity (Wildman–Crippen MR) is 112 cm³/mol. The van der Waals surface area contributed by atoms with E-state index in [2.05, 4.69) is 33.9 Å². The molecule has 1 aliphatic heterocycles. The molecule has 1 N–H and O–H groups in total. The van der Waals surface area contributed by atoms with Gasteiger partial charge < -0.3 is 0 Å². The average Bonchev–Trinajstić information content (AvgIpc) is 3.34. The highest BCUT2D eigenvalue weighted by atomic mass is 35.5. The summed E-state index contributed by atoms with van der Waals surface area (Å²) in [6.07, 6.45) is 2.29. The van der Waals surface area contributed by atoms with E-state index >= 15 is 0 Å². The van der Waals surface area contributed by atoms with Crippen molar-refractivity contribution in [3.63, 3.8) is 0 Å². The summed E-state index contributed by atoms with van der Waals surface area (Å²) in [7, 11) is -3.57. The van der Waals surface area contributed by atoms with Crippen molar-refractivity contribution in [3.05, 3.63) is 64.5 Å². The quantitative estimate of drug-likeness (QED) is 0.630. The van der Waals surface area contributed by atoms with Crippen LogP contribution in [0.5, 0.6) is 0 Å². The zero-order valence-electron chi connectivity index (χ0n) is 14.8. The number of likely N-dealkylation sites (tertiary alicyclic amines) is 1. The SMILES string of the molecule is O=S(=O)(NC[C@@H](c1cccc2ccccc12)N1CCCC1)c1ccc(Cl)s1. The van der Waals surface area contributed by atoms with Crippen LogP contribution >= 0.6 is 22.9 Å². The number of thiophene rings is 1. The van der Waals surface area contributed by atoms with Crippen molar-refractivity contribution in [2.45, 2.75) is 23.1 Å². The summed E-state index contributed by atoms with van der Waals surface area (Å²) in [4.78, 5) is 2.38. The highest BCUT2D eigenvalue weighted by Crippen LogP contribution is 2.31. The maximum atomic E-state index is 12.7. The maximum absolute atomic E-state index is 12.7. The van der Waals surface area contributed by atoms with Crippen molar-refractivity contribution in [1.29, 1.82) is 0 Å². The van der Waals surface area contributed by atoms with Crippen LogP contribution < -0.4 is 4.72 Å². The van der Waals surface area contributed by atoms with Crippen molar-refractivity contribution < 1.29 is 8.42 Å². The molecular formula is C20H21ClN2O2S2. The molecule has 3 aromatic rings. The maximum Gasteiger partial charge on any atom is 0.250 e. The third-order valence-corrected chi connectivity index (χ3v) is 8.19. The Morgan fingerprint density at radius 1 is 1.04 bits per heavy atom. The summed E-state index contributed by atoms with van der Waals surface area (Å²) in [6, 6.07) is 17.7. The van der Waals surface area contributed by atoms with E-state index in [1.807, 2.05) is 18.2 Å². The Balaban J connectivity index is 1.66. The van der Waals surface area contributed by atoms with Crippen molar-refractivity contribution in [3.8, 4) is 0 Å². The molecule has 1 saturated heterocycles. The van der Waals surface area contributed by atoms with E-state index in [0.717, 1.165) is 37.3 Å². The van der Waals surface area contributed by atoms with Crippen molar-refractivity contribution >= 4 is 43.7 Å². The summed E-state index contributed by atoms with van der Waals surface area (Å²) in [6.45, 7) is 2.31. The average molecular weight is 421 g/mol. The smallest absolute Gasteiger partial charge is 0.250 e. The van der Waals surface area contributed by atoms with Crippen LogP contribution in [0.15, 0.2) is 58.8 Å². The molecule has 0 amide bonds. The molecule has 4 rings (SSSR count). The van der Waals surface area contributed by atoms with Gasteiger partial charge in [-0.3, -0.25) is 4.90 Å². The summed E-state index contributed by atoms with van der Waals surface area (Å²) in [5.74, 6) is 0. The second-order valence-corrected chi connectivity index (χ2v) is 10.4. The van der Waals surface area contributed by atoms with Gasteiger partial charge in [0, 0.05) is 12.6 Å². The highest BCUT2D eigenvalue weighted by molar-refractivity contribution is 7.91. The Kier molecular flexibility index (Phi) is 5.53. The van der Waals surface area contributed by atoms with Crippen LogP contribution in [0.1, 0.15) is 24.4 Å². The normalized spacial score (nSPS) is 16.8. The van der Waals surface area contributed by atoms with E-state index in [1.54, 1.807) is 12.1 Å². The van der Waals surface area contributed by atoms with Gasteiger partial charge in [-0.05, 0) is 54.4 Å². The van der Waals surface area contributed by atoms with Crippen LogP contribution in [0.3, 0.4) is 0 Å². The fourth-order valence-electron chi connectivity index (χ4n) is 3.73. The van der Waals surface area contributed by atoms with Gasteiger partial charge >= 0.3 is 0 Å².